The van der Waals surface area contributed by atoms with E-state index in [2.05, 4.69) is 15.2 Å². The lowest BCUT2D eigenvalue weighted by Gasteiger charge is -2.38. The Kier molecular flexibility index (Phi) is 4.85. The van der Waals surface area contributed by atoms with Crippen molar-refractivity contribution < 1.29 is 18.3 Å². The Morgan fingerprint density at radius 2 is 1.94 bits per heavy atom. The van der Waals surface area contributed by atoms with Crippen LogP contribution in [-0.2, 0) is 0 Å². The van der Waals surface area contributed by atoms with E-state index in [0.29, 0.717) is 16.1 Å². The predicted molar refractivity (Wildman–Crippen MR) is 111 cm³/mol. The number of piperidine rings is 1. The number of hydrogen-bond acceptors (Lipinski definition) is 6. The van der Waals surface area contributed by atoms with Crippen molar-refractivity contribution in [1.29, 1.82) is 0 Å². The summed E-state index contributed by atoms with van der Waals surface area (Å²) in [6, 6.07) is 12.1. The van der Waals surface area contributed by atoms with Crippen molar-refractivity contribution in [2.75, 3.05) is 13.1 Å². The maximum atomic E-state index is 14.6. The molecule has 4 heterocycles. The van der Waals surface area contributed by atoms with Gasteiger partial charge < -0.3 is 9.64 Å². The molecule has 4 aromatic rings. The van der Waals surface area contributed by atoms with Gasteiger partial charge in [0.25, 0.3) is 11.8 Å². The normalized spacial score (nSPS) is 18.3. The number of para-hydroxylation sites is 1. The van der Waals surface area contributed by atoms with Gasteiger partial charge in [-0.05, 0) is 29.6 Å². The number of hydrogen-bond donors (Lipinski definition) is 0. The van der Waals surface area contributed by atoms with Gasteiger partial charge in [0, 0.05) is 24.4 Å². The number of rotatable bonds is 4. The number of nitrogens with zero attached hydrogens (tertiary/aromatic N) is 5. The lowest BCUT2D eigenvalue weighted by atomic mass is 10.0. The number of alkyl halides is 2. The van der Waals surface area contributed by atoms with E-state index in [1.807, 2.05) is 11.4 Å². The Bertz CT molecular complexity index is 1230. The number of carbonyl (C=O) groups excluding carboxylic acids is 1. The van der Waals surface area contributed by atoms with Crippen LogP contribution in [0.5, 0.6) is 5.88 Å². The van der Waals surface area contributed by atoms with E-state index < -0.39 is 18.4 Å². The van der Waals surface area contributed by atoms with Crippen LogP contribution in [0.3, 0.4) is 0 Å². The lowest BCUT2D eigenvalue weighted by molar-refractivity contribution is -0.131. The highest BCUT2D eigenvalue weighted by atomic mass is 32.1. The smallest absolute Gasteiger partial charge is 0.287 e. The molecular weight excluding hydrogens is 424 g/mol. The first-order valence-electron chi connectivity index (χ1n) is 9.65. The van der Waals surface area contributed by atoms with Gasteiger partial charge in [0.2, 0.25) is 5.88 Å². The van der Waals surface area contributed by atoms with Gasteiger partial charge in [-0.1, -0.05) is 12.1 Å². The molecule has 0 bridgehead atoms. The number of thiophene rings is 1. The van der Waals surface area contributed by atoms with Crippen LogP contribution in [0.15, 0.2) is 60.2 Å². The average molecular weight is 441 g/mol. The molecule has 1 aliphatic heterocycles. The maximum Gasteiger partial charge on any atom is 0.287 e. The zero-order valence-electron chi connectivity index (χ0n) is 16.2. The van der Waals surface area contributed by atoms with Gasteiger partial charge in [0.1, 0.15) is 4.83 Å². The van der Waals surface area contributed by atoms with Crippen LogP contribution < -0.4 is 4.74 Å². The molecule has 0 radical (unpaired) electrons. The first kappa shape index (κ1) is 19.6. The molecule has 1 amide bonds. The van der Waals surface area contributed by atoms with E-state index in [9.17, 15) is 13.6 Å². The van der Waals surface area contributed by atoms with Gasteiger partial charge >= 0.3 is 0 Å². The van der Waals surface area contributed by atoms with Crippen LogP contribution in [0.25, 0.3) is 15.9 Å². The second-order valence-corrected chi connectivity index (χ2v) is 8.06. The van der Waals surface area contributed by atoms with Crippen LogP contribution in [0, 0.1) is 0 Å². The maximum absolute atomic E-state index is 14.6. The third kappa shape index (κ3) is 3.74. The van der Waals surface area contributed by atoms with Gasteiger partial charge in [0.15, 0.2) is 6.10 Å². The molecule has 0 N–H and O–H groups in total. The molecule has 7 nitrogen and oxygen atoms in total. The summed E-state index contributed by atoms with van der Waals surface area (Å²) in [5.41, 5.74) is 0.818. The molecule has 3 aromatic heterocycles. The Balaban J connectivity index is 1.39. The first-order valence-corrected chi connectivity index (χ1v) is 10.5. The topological polar surface area (TPSA) is 73.1 Å². The van der Waals surface area contributed by atoms with Gasteiger partial charge in [-0.25, -0.2) is 13.8 Å². The number of ether oxygens (including phenoxy) is 1. The number of likely N-dealkylation sites (tertiary alicyclic amines) is 1. The summed E-state index contributed by atoms with van der Waals surface area (Å²) >= 11 is 1.41. The van der Waals surface area contributed by atoms with E-state index in [1.165, 1.54) is 33.4 Å². The van der Waals surface area contributed by atoms with Crippen molar-refractivity contribution in [1.82, 2.24) is 24.9 Å². The third-order valence-corrected chi connectivity index (χ3v) is 6.01. The number of aromatic nitrogens is 4. The standard InChI is InChI=1S/C21H17F2N5O2S/c22-21(23)8-11-27(13-17(21)30-18-6-5-14-7-12-31-19(14)26-18)20(29)15-3-1-2-4-16(15)28-24-9-10-25-28/h1-7,9-10,12,17H,8,11,13H2. The summed E-state index contributed by atoms with van der Waals surface area (Å²) in [4.78, 5) is 20.9. The predicted octanol–water partition coefficient (Wildman–Crippen LogP) is 3.81. The van der Waals surface area contributed by atoms with E-state index in [-0.39, 0.29) is 24.9 Å². The number of pyridine rings is 1. The molecule has 1 aromatic carbocycles. The summed E-state index contributed by atoms with van der Waals surface area (Å²) in [7, 11) is 0. The molecule has 0 spiro atoms. The molecule has 1 saturated heterocycles. The number of amides is 1. The zero-order valence-corrected chi connectivity index (χ0v) is 17.0. The van der Waals surface area contributed by atoms with Crippen LogP contribution in [0.1, 0.15) is 16.8 Å². The Labute approximate surface area is 179 Å². The highest BCUT2D eigenvalue weighted by molar-refractivity contribution is 7.16. The molecule has 1 atom stereocenters. The minimum absolute atomic E-state index is 0.0794. The molecule has 5 rings (SSSR count). The first-order chi connectivity index (χ1) is 15.0. The fraction of sp³-hybridized carbons (Fsp3) is 0.238. The molecule has 0 saturated carbocycles. The minimum Gasteiger partial charge on any atom is -0.466 e. The highest BCUT2D eigenvalue weighted by Gasteiger charge is 2.47. The molecule has 0 aliphatic carbocycles. The van der Waals surface area contributed by atoms with Crippen LogP contribution in [-0.4, -0.2) is 55.9 Å². The highest BCUT2D eigenvalue weighted by Crippen LogP contribution is 2.33. The number of fused-ring (bicyclic) bond motifs is 1. The van der Waals surface area contributed by atoms with E-state index in [0.717, 1.165) is 5.39 Å². The molecular formula is C21H17F2N5O2S. The Morgan fingerprint density at radius 3 is 2.77 bits per heavy atom. The summed E-state index contributed by atoms with van der Waals surface area (Å²) < 4.78 is 34.9. The monoisotopic (exact) mass is 441 g/mol. The number of carbonyl (C=O) groups is 1. The van der Waals surface area contributed by atoms with Gasteiger partial charge in [-0.3, -0.25) is 4.79 Å². The molecule has 10 heteroatoms. The fourth-order valence-corrected chi connectivity index (χ4v) is 4.31. The largest absolute Gasteiger partial charge is 0.466 e. The van der Waals surface area contributed by atoms with Gasteiger partial charge in [0.05, 0.1) is 30.2 Å². The van der Waals surface area contributed by atoms with Gasteiger partial charge in [-0.15, -0.1) is 11.3 Å². The molecule has 1 unspecified atom stereocenters. The van der Waals surface area contributed by atoms with Crippen LogP contribution in [0.2, 0.25) is 0 Å². The summed E-state index contributed by atoms with van der Waals surface area (Å²) in [5.74, 6) is -3.33. The van der Waals surface area contributed by atoms with Crippen LogP contribution in [0.4, 0.5) is 8.78 Å². The molecule has 158 valence electrons. The lowest BCUT2D eigenvalue weighted by Crippen LogP contribution is -2.55. The fourth-order valence-electron chi connectivity index (χ4n) is 3.56. The summed E-state index contributed by atoms with van der Waals surface area (Å²) in [6.45, 7) is -0.333. The quantitative estimate of drug-likeness (QED) is 0.482. The number of benzene rings is 1. The number of halogens is 2. The van der Waals surface area contributed by atoms with Crippen molar-refractivity contribution in [2.24, 2.45) is 0 Å². The van der Waals surface area contributed by atoms with Crippen molar-refractivity contribution in [3.63, 3.8) is 0 Å². The third-order valence-electron chi connectivity index (χ3n) is 5.18. The SMILES string of the molecule is O=C(c1ccccc1-n1nccn1)N1CCC(F)(F)C(Oc2ccc3ccsc3n2)C1. The van der Waals surface area contributed by atoms with Crippen molar-refractivity contribution in [3.8, 4) is 11.6 Å². The van der Waals surface area contributed by atoms with Gasteiger partial charge in [-0.2, -0.15) is 15.0 Å². The summed E-state index contributed by atoms with van der Waals surface area (Å²) in [6.07, 6.45) is 1.02. The van der Waals surface area contributed by atoms with E-state index in [1.54, 1.807) is 36.4 Å². The minimum atomic E-state index is -3.08. The van der Waals surface area contributed by atoms with Crippen molar-refractivity contribution in [2.45, 2.75) is 18.4 Å². The van der Waals surface area contributed by atoms with Crippen LogP contribution >= 0.6 is 11.3 Å². The Hall–Kier alpha value is -3.40. The zero-order chi connectivity index (χ0) is 21.4. The van der Waals surface area contributed by atoms with E-state index in [4.69, 9.17) is 4.74 Å². The second kappa shape index (κ2) is 7.69. The molecule has 1 fully saturated rings. The Morgan fingerprint density at radius 1 is 1.13 bits per heavy atom. The van der Waals surface area contributed by atoms with Crippen molar-refractivity contribution >= 4 is 27.5 Å². The molecule has 1 aliphatic rings. The molecule has 31 heavy (non-hydrogen) atoms. The van der Waals surface area contributed by atoms with Crippen molar-refractivity contribution in [3.05, 3.63) is 65.8 Å². The second-order valence-electron chi connectivity index (χ2n) is 7.17. The summed E-state index contributed by atoms with van der Waals surface area (Å²) in [5, 5.41) is 10.9. The average Bonchev–Trinajstić information content (AvgIpc) is 3.46. The van der Waals surface area contributed by atoms with E-state index >= 15 is 0 Å².